The molecule has 0 saturated heterocycles. The molecular formula is C23H29NaO3. The summed E-state index contributed by atoms with van der Waals surface area (Å²) in [5, 5.41) is 9.04. The predicted molar refractivity (Wildman–Crippen MR) is 110 cm³/mol. The van der Waals surface area contributed by atoms with Gasteiger partial charge in [-0.15, -0.1) is 5.92 Å². The summed E-state index contributed by atoms with van der Waals surface area (Å²) in [4.78, 5) is 11.0. The molecule has 0 bridgehead atoms. The summed E-state index contributed by atoms with van der Waals surface area (Å²) in [5.74, 6) is 5.54. The Morgan fingerprint density at radius 3 is 2.52 bits per heavy atom. The van der Waals surface area contributed by atoms with Crippen molar-refractivity contribution >= 4 is 35.5 Å². The molecule has 140 valence electrons. The van der Waals surface area contributed by atoms with Crippen molar-refractivity contribution in [2.24, 2.45) is 5.41 Å². The van der Waals surface area contributed by atoms with Crippen LogP contribution in [0, 0.1) is 17.3 Å². The van der Waals surface area contributed by atoms with Gasteiger partial charge in [-0.3, -0.25) is 4.79 Å². The summed E-state index contributed by atoms with van der Waals surface area (Å²) in [7, 11) is 0. The molecule has 0 heterocycles. The number of carboxylic acids is 1. The number of benzene rings is 1. The van der Waals surface area contributed by atoms with E-state index >= 15 is 0 Å². The van der Waals surface area contributed by atoms with E-state index in [2.05, 4.69) is 17.9 Å². The fraction of sp³-hybridized carbons (Fsp3) is 0.522. The van der Waals surface area contributed by atoms with Crippen LogP contribution in [0.5, 0.6) is 5.75 Å². The summed E-state index contributed by atoms with van der Waals surface area (Å²) >= 11 is 0. The molecule has 2 aliphatic carbocycles. The van der Waals surface area contributed by atoms with E-state index in [0.717, 1.165) is 17.7 Å². The van der Waals surface area contributed by atoms with E-state index in [-0.39, 0.29) is 41.9 Å². The van der Waals surface area contributed by atoms with Crippen molar-refractivity contribution in [2.75, 3.05) is 6.61 Å². The van der Waals surface area contributed by atoms with Crippen LogP contribution in [0.15, 0.2) is 35.9 Å². The van der Waals surface area contributed by atoms with E-state index in [1.165, 1.54) is 44.1 Å². The summed E-state index contributed by atoms with van der Waals surface area (Å²) in [5.41, 5.74) is 2.82. The number of carbonyl (C=O) groups is 1. The van der Waals surface area contributed by atoms with Gasteiger partial charge in [-0.1, -0.05) is 43.4 Å². The van der Waals surface area contributed by atoms with Crippen molar-refractivity contribution in [1.82, 2.24) is 0 Å². The van der Waals surface area contributed by atoms with Crippen molar-refractivity contribution in [3.8, 4) is 17.6 Å². The number of hydrogen-bond donors (Lipinski definition) is 1. The first-order valence-corrected chi connectivity index (χ1v) is 9.68. The first kappa shape index (κ1) is 22.1. The predicted octanol–water partition coefficient (Wildman–Crippen LogP) is 4.67. The van der Waals surface area contributed by atoms with Gasteiger partial charge in [0.15, 0.2) is 0 Å². The molecule has 0 amide bonds. The molecule has 4 heteroatoms. The average Bonchev–Trinajstić information content (AvgIpc) is 3.03. The molecule has 1 aromatic rings. The second-order valence-corrected chi connectivity index (χ2v) is 7.63. The maximum atomic E-state index is 11.0. The van der Waals surface area contributed by atoms with Crippen LogP contribution in [0.2, 0.25) is 0 Å². The van der Waals surface area contributed by atoms with Gasteiger partial charge < -0.3 is 9.84 Å². The molecule has 3 rings (SSSR count). The molecule has 1 atom stereocenters. The van der Waals surface area contributed by atoms with Gasteiger partial charge in [-0.05, 0) is 61.3 Å². The number of carboxylic acid groups (broad SMARTS) is 1. The normalized spacial score (nSPS) is 18.6. The van der Waals surface area contributed by atoms with Gasteiger partial charge in [0.1, 0.15) is 12.4 Å². The Morgan fingerprint density at radius 2 is 1.89 bits per heavy atom. The zero-order chi connectivity index (χ0) is 18.4. The summed E-state index contributed by atoms with van der Waals surface area (Å²) in [6, 6.07) is 7.71. The molecule has 2 aliphatic rings. The molecule has 0 radical (unpaired) electrons. The van der Waals surface area contributed by atoms with Crippen LogP contribution >= 0.6 is 0 Å². The molecule has 3 nitrogen and oxygen atoms in total. The van der Waals surface area contributed by atoms with Crippen LogP contribution in [0.3, 0.4) is 0 Å². The Balaban J connectivity index is 0.00000261. The van der Waals surface area contributed by atoms with E-state index in [9.17, 15) is 4.79 Å². The summed E-state index contributed by atoms with van der Waals surface area (Å²) < 4.78 is 5.98. The number of ether oxygens (including phenoxy) is 1. The van der Waals surface area contributed by atoms with Gasteiger partial charge in [-0.25, -0.2) is 0 Å². The van der Waals surface area contributed by atoms with E-state index < -0.39 is 5.97 Å². The molecule has 1 N–H and O–H groups in total. The Hall–Kier alpha value is -1.21. The van der Waals surface area contributed by atoms with E-state index in [1.54, 1.807) is 6.92 Å². The van der Waals surface area contributed by atoms with Gasteiger partial charge >= 0.3 is 35.5 Å². The minimum absolute atomic E-state index is 0. The van der Waals surface area contributed by atoms with Crippen LogP contribution in [0.4, 0.5) is 0 Å². The van der Waals surface area contributed by atoms with Crippen molar-refractivity contribution in [1.29, 1.82) is 0 Å². The fourth-order valence-corrected chi connectivity index (χ4v) is 4.32. The second kappa shape index (κ2) is 10.4. The monoisotopic (exact) mass is 376 g/mol. The summed E-state index contributed by atoms with van der Waals surface area (Å²) in [6.07, 6.45) is 11.8. The SMILES string of the molecule is CC#C[C@@H](CC(=O)O)c1ccc(OCC2=CC3(CCCCC3)CC2)cc1.[NaH]. The third-order valence-electron chi connectivity index (χ3n) is 5.71. The van der Waals surface area contributed by atoms with Crippen LogP contribution in [0.1, 0.15) is 69.8 Å². The third kappa shape index (κ3) is 6.14. The van der Waals surface area contributed by atoms with Gasteiger partial charge in [0.25, 0.3) is 0 Å². The average molecular weight is 376 g/mol. The Morgan fingerprint density at radius 1 is 1.19 bits per heavy atom. The third-order valence-corrected chi connectivity index (χ3v) is 5.71. The van der Waals surface area contributed by atoms with Crippen LogP contribution in [-0.2, 0) is 4.79 Å². The topological polar surface area (TPSA) is 46.5 Å². The molecule has 0 unspecified atom stereocenters. The number of rotatable bonds is 6. The fourth-order valence-electron chi connectivity index (χ4n) is 4.32. The molecule has 27 heavy (non-hydrogen) atoms. The second-order valence-electron chi connectivity index (χ2n) is 7.63. The Kier molecular flexibility index (Phi) is 8.48. The number of allylic oxidation sites excluding steroid dienone is 1. The van der Waals surface area contributed by atoms with Crippen LogP contribution < -0.4 is 4.74 Å². The number of aliphatic carboxylic acids is 1. The van der Waals surface area contributed by atoms with Gasteiger partial charge in [0, 0.05) is 0 Å². The molecule has 1 aromatic carbocycles. The maximum absolute atomic E-state index is 11.0. The van der Waals surface area contributed by atoms with Crippen molar-refractivity contribution in [2.45, 2.75) is 64.2 Å². The Labute approximate surface area is 184 Å². The van der Waals surface area contributed by atoms with E-state index in [1.807, 2.05) is 24.3 Å². The van der Waals surface area contributed by atoms with Gasteiger partial charge in [0.05, 0.1) is 12.3 Å². The molecule has 0 aliphatic heterocycles. The molecule has 0 aromatic heterocycles. The quantitative estimate of drug-likeness (QED) is 0.446. The van der Waals surface area contributed by atoms with Crippen LogP contribution in [0.25, 0.3) is 0 Å². The zero-order valence-corrected chi connectivity index (χ0v) is 15.6. The first-order valence-electron chi connectivity index (χ1n) is 9.68. The molecule has 1 spiro atoms. The number of hydrogen-bond acceptors (Lipinski definition) is 2. The van der Waals surface area contributed by atoms with Crippen molar-refractivity contribution in [3.05, 3.63) is 41.5 Å². The summed E-state index contributed by atoms with van der Waals surface area (Å²) in [6.45, 7) is 2.40. The minimum atomic E-state index is -0.831. The molecular weight excluding hydrogens is 347 g/mol. The first-order chi connectivity index (χ1) is 12.6. The van der Waals surface area contributed by atoms with Crippen LogP contribution in [-0.4, -0.2) is 47.2 Å². The molecule has 1 saturated carbocycles. The van der Waals surface area contributed by atoms with Crippen molar-refractivity contribution < 1.29 is 14.6 Å². The van der Waals surface area contributed by atoms with Gasteiger partial charge in [-0.2, -0.15) is 0 Å². The van der Waals surface area contributed by atoms with Crippen molar-refractivity contribution in [3.63, 3.8) is 0 Å². The standard InChI is InChI=1S/C23H28O3.Na.H/c1-2-6-20(15-22(24)25)19-7-9-21(10-8-19)26-17-18-11-14-23(16-18)12-4-3-5-13-23;;/h7-10,16,20H,3-5,11-15,17H2,1H3,(H,24,25);;/t20-;;/m0../s1. The zero-order valence-electron chi connectivity index (χ0n) is 15.6. The van der Waals surface area contributed by atoms with E-state index in [0.29, 0.717) is 12.0 Å². The molecule has 1 fully saturated rings. The van der Waals surface area contributed by atoms with Gasteiger partial charge in [0.2, 0.25) is 0 Å². The Bertz CT molecular complexity index is 718. The van der Waals surface area contributed by atoms with E-state index in [4.69, 9.17) is 9.84 Å².